The molecule has 8 nitrogen and oxygen atoms in total. The van der Waals surface area contributed by atoms with Gasteiger partial charge in [-0.2, -0.15) is 0 Å². The lowest BCUT2D eigenvalue weighted by Crippen LogP contribution is -2.31. The van der Waals surface area contributed by atoms with Gasteiger partial charge in [0.15, 0.2) is 0 Å². The highest BCUT2D eigenvalue weighted by Crippen LogP contribution is 2.39. The number of fused-ring (bicyclic) bond motifs is 1. The summed E-state index contributed by atoms with van der Waals surface area (Å²) in [6, 6.07) is 6.17. The van der Waals surface area contributed by atoms with Crippen molar-refractivity contribution < 1.29 is 14.0 Å². The van der Waals surface area contributed by atoms with E-state index in [0.717, 1.165) is 48.2 Å². The smallest absolute Gasteiger partial charge is 0.254 e. The van der Waals surface area contributed by atoms with E-state index in [2.05, 4.69) is 33.1 Å². The van der Waals surface area contributed by atoms with Crippen molar-refractivity contribution in [2.24, 2.45) is 0 Å². The molecule has 2 heterocycles. The maximum atomic E-state index is 13.4. The molecule has 2 aromatic heterocycles. The lowest BCUT2D eigenvalue weighted by Gasteiger charge is -2.24. The van der Waals surface area contributed by atoms with Gasteiger partial charge >= 0.3 is 0 Å². The highest BCUT2D eigenvalue weighted by molar-refractivity contribution is 7.17. The van der Waals surface area contributed by atoms with Gasteiger partial charge in [-0.25, -0.2) is 4.39 Å². The largest absolute Gasteiger partial charge is 0.352 e. The molecule has 0 radical (unpaired) electrons. The first-order valence-electron chi connectivity index (χ1n) is 12.1. The van der Waals surface area contributed by atoms with Crippen molar-refractivity contribution in [1.29, 1.82) is 0 Å². The topological polar surface area (TPSA) is 101 Å². The Bertz CT molecular complexity index is 1170. The van der Waals surface area contributed by atoms with Gasteiger partial charge in [-0.1, -0.05) is 20.3 Å². The summed E-state index contributed by atoms with van der Waals surface area (Å²) in [5.74, 6) is 0.0412. The van der Waals surface area contributed by atoms with Crippen LogP contribution in [-0.2, 0) is 17.6 Å². The summed E-state index contributed by atoms with van der Waals surface area (Å²) in [6.45, 7) is 4.64. The zero-order valence-corrected chi connectivity index (χ0v) is 20.9. The fourth-order valence-electron chi connectivity index (χ4n) is 4.23. The van der Waals surface area contributed by atoms with Crippen LogP contribution in [0.5, 0.6) is 0 Å². The quantitative estimate of drug-likeness (QED) is 0.352. The van der Waals surface area contributed by atoms with Crippen LogP contribution in [0.15, 0.2) is 30.6 Å². The Hall–Kier alpha value is -3.27. The molecule has 0 saturated carbocycles. The van der Waals surface area contributed by atoms with Gasteiger partial charge in [0.1, 0.15) is 17.1 Å². The molecule has 1 atom stereocenters. The van der Waals surface area contributed by atoms with Crippen LogP contribution in [0.25, 0.3) is 5.69 Å². The van der Waals surface area contributed by atoms with Gasteiger partial charge in [0.2, 0.25) is 11.9 Å². The van der Waals surface area contributed by atoms with E-state index in [1.54, 1.807) is 23.0 Å². The second kappa shape index (κ2) is 11.4. The summed E-state index contributed by atoms with van der Waals surface area (Å²) >= 11 is 1.51. The number of carbonyl (C=O) groups is 2. The van der Waals surface area contributed by atoms with Crippen molar-refractivity contribution >= 4 is 34.1 Å². The van der Waals surface area contributed by atoms with Crippen LogP contribution in [0, 0.1) is 5.82 Å². The Kier molecular flexibility index (Phi) is 8.12. The predicted octanol–water partition coefficient (Wildman–Crippen LogP) is 4.71. The molecular weight excluding hydrogens is 467 g/mol. The second-order valence-corrected chi connectivity index (χ2v) is 9.81. The molecule has 1 aromatic carbocycles. The Balaban J connectivity index is 1.56. The van der Waals surface area contributed by atoms with Crippen molar-refractivity contribution in [3.8, 4) is 5.69 Å². The number of anilines is 2. The molecule has 3 N–H and O–H groups in total. The lowest BCUT2D eigenvalue weighted by atomic mass is 9.91. The SMILES string of the molecule is CCCCNC(=O)c1c(NC(=O)CCC)sc2c1CC(Nc1nncn1-c1ccc(F)cc1)CC2. The summed E-state index contributed by atoms with van der Waals surface area (Å²) in [5, 5.41) is 18.3. The number of halogens is 1. The van der Waals surface area contributed by atoms with Crippen LogP contribution >= 0.6 is 11.3 Å². The molecule has 186 valence electrons. The number of amides is 2. The van der Waals surface area contributed by atoms with Gasteiger partial charge in [0.25, 0.3) is 5.91 Å². The molecule has 4 rings (SSSR count). The van der Waals surface area contributed by atoms with Gasteiger partial charge < -0.3 is 16.0 Å². The summed E-state index contributed by atoms with van der Waals surface area (Å²) in [5.41, 5.74) is 2.31. The average molecular weight is 499 g/mol. The Morgan fingerprint density at radius 3 is 2.74 bits per heavy atom. The first-order chi connectivity index (χ1) is 17.0. The van der Waals surface area contributed by atoms with Crippen LogP contribution in [-0.4, -0.2) is 39.2 Å². The number of carbonyl (C=O) groups excluding carboxylic acids is 2. The molecule has 1 unspecified atom stereocenters. The maximum absolute atomic E-state index is 13.4. The minimum Gasteiger partial charge on any atom is -0.352 e. The number of aryl methyl sites for hydroxylation is 1. The van der Waals surface area contributed by atoms with E-state index in [1.807, 2.05) is 6.92 Å². The minimum atomic E-state index is -0.305. The van der Waals surface area contributed by atoms with Crippen molar-refractivity contribution in [2.45, 2.75) is 64.8 Å². The summed E-state index contributed by atoms with van der Waals surface area (Å²) < 4.78 is 15.1. The normalized spacial score (nSPS) is 14.9. The van der Waals surface area contributed by atoms with E-state index in [4.69, 9.17) is 0 Å². The molecule has 0 spiro atoms. The number of thiophene rings is 1. The maximum Gasteiger partial charge on any atom is 0.254 e. The second-order valence-electron chi connectivity index (χ2n) is 8.70. The van der Waals surface area contributed by atoms with E-state index in [1.165, 1.54) is 23.5 Å². The van der Waals surface area contributed by atoms with Gasteiger partial charge in [-0.15, -0.1) is 21.5 Å². The molecule has 2 amide bonds. The molecular formula is C25H31FN6O2S. The van der Waals surface area contributed by atoms with Crippen molar-refractivity contribution in [3.63, 3.8) is 0 Å². The van der Waals surface area contributed by atoms with E-state index in [0.29, 0.717) is 35.9 Å². The third kappa shape index (κ3) is 5.87. The van der Waals surface area contributed by atoms with Gasteiger partial charge in [-0.3, -0.25) is 14.2 Å². The van der Waals surface area contributed by atoms with E-state index in [9.17, 15) is 14.0 Å². The molecule has 0 aliphatic heterocycles. The predicted molar refractivity (Wildman–Crippen MR) is 136 cm³/mol. The molecule has 10 heteroatoms. The molecule has 3 aromatic rings. The van der Waals surface area contributed by atoms with E-state index in [-0.39, 0.29) is 23.7 Å². The van der Waals surface area contributed by atoms with Crippen LogP contribution < -0.4 is 16.0 Å². The number of hydrogen-bond donors (Lipinski definition) is 3. The van der Waals surface area contributed by atoms with Crippen LogP contribution in [0.2, 0.25) is 0 Å². The Morgan fingerprint density at radius 2 is 2.00 bits per heavy atom. The van der Waals surface area contributed by atoms with Gasteiger partial charge in [0, 0.05) is 23.9 Å². The zero-order chi connectivity index (χ0) is 24.8. The third-order valence-corrected chi connectivity index (χ3v) is 7.23. The molecule has 35 heavy (non-hydrogen) atoms. The van der Waals surface area contributed by atoms with Gasteiger partial charge in [0.05, 0.1) is 11.3 Å². The molecule has 0 saturated heterocycles. The molecule has 1 aliphatic rings. The van der Waals surface area contributed by atoms with Crippen LogP contribution in [0.1, 0.15) is 66.8 Å². The minimum absolute atomic E-state index is 0.0295. The number of nitrogens with one attached hydrogen (secondary N) is 3. The number of rotatable bonds is 10. The monoisotopic (exact) mass is 498 g/mol. The molecule has 0 fully saturated rings. The Labute approximate surface area is 208 Å². The molecule has 0 bridgehead atoms. The zero-order valence-electron chi connectivity index (χ0n) is 20.1. The fraction of sp³-hybridized carbons (Fsp3) is 0.440. The summed E-state index contributed by atoms with van der Waals surface area (Å²) in [7, 11) is 0. The third-order valence-electron chi connectivity index (χ3n) is 6.02. The first kappa shape index (κ1) is 24.8. The summed E-state index contributed by atoms with van der Waals surface area (Å²) in [4.78, 5) is 26.6. The number of benzene rings is 1. The van der Waals surface area contributed by atoms with E-state index >= 15 is 0 Å². The Morgan fingerprint density at radius 1 is 1.20 bits per heavy atom. The van der Waals surface area contributed by atoms with Crippen molar-refractivity contribution in [1.82, 2.24) is 20.1 Å². The fourth-order valence-corrected chi connectivity index (χ4v) is 5.48. The average Bonchev–Trinajstić information content (AvgIpc) is 3.44. The first-order valence-corrected chi connectivity index (χ1v) is 13.0. The molecule has 1 aliphatic carbocycles. The van der Waals surface area contributed by atoms with Gasteiger partial charge in [-0.05, 0) is 61.9 Å². The highest BCUT2D eigenvalue weighted by atomic mass is 32.1. The number of nitrogens with zero attached hydrogens (tertiary/aromatic N) is 3. The number of unbranched alkanes of at least 4 members (excludes halogenated alkanes) is 1. The lowest BCUT2D eigenvalue weighted by molar-refractivity contribution is -0.116. The van der Waals surface area contributed by atoms with E-state index < -0.39 is 0 Å². The number of hydrogen-bond acceptors (Lipinski definition) is 6. The van der Waals surface area contributed by atoms with Crippen LogP contribution in [0.4, 0.5) is 15.3 Å². The van der Waals surface area contributed by atoms with Crippen LogP contribution in [0.3, 0.4) is 0 Å². The number of aromatic nitrogens is 3. The van der Waals surface area contributed by atoms with Crippen molar-refractivity contribution in [2.75, 3.05) is 17.2 Å². The standard InChI is InChI=1S/C25H31FN6O2S/c1-3-5-13-27-23(34)22-19-14-17(9-12-20(19)35-24(22)30-21(33)6-4-2)29-25-31-28-15-32(25)18-10-7-16(26)8-11-18/h7-8,10-11,15,17H,3-6,9,12-14H2,1-2H3,(H,27,34)(H,29,31)(H,30,33). The van der Waals surface area contributed by atoms with Crippen molar-refractivity contribution in [3.05, 3.63) is 52.4 Å². The highest BCUT2D eigenvalue weighted by Gasteiger charge is 2.30. The summed E-state index contributed by atoms with van der Waals surface area (Å²) in [6.07, 6.45) is 6.91.